The van der Waals surface area contributed by atoms with E-state index in [0.717, 1.165) is 16.9 Å². The Morgan fingerprint density at radius 3 is 2.74 bits per heavy atom. The van der Waals surface area contributed by atoms with Crippen molar-refractivity contribution in [1.29, 1.82) is 0 Å². The van der Waals surface area contributed by atoms with E-state index in [0.29, 0.717) is 21.9 Å². The fourth-order valence-electron chi connectivity index (χ4n) is 2.75. The molecule has 1 aromatic carbocycles. The van der Waals surface area contributed by atoms with E-state index in [-0.39, 0.29) is 5.91 Å². The summed E-state index contributed by atoms with van der Waals surface area (Å²) >= 11 is 0. The molecule has 2 heterocycles. The normalized spacial score (nSPS) is 14.6. The van der Waals surface area contributed by atoms with Crippen molar-refractivity contribution in [2.24, 2.45) is 0 Å². The molecule has 2 aromatic heterocycles. The quantitative estimate of drug-likeness (QED) is 0.576. The molecule has 0 radical (unpaired) electrons. The number of anilines is 1. The molecule has 1 amide bonds. The highest BCUT2D eigenvalue weighted by molar-refractivity contribution is 6.04. The molecule has 4 rings (SSSR count). The number of hydrogen-bond donors (Lipinski definition) is 2. The van der Waals surface area contributed by atoms with Crippen LogP contribution in [0.1, 0.15) is 41.4 Å². The molecule has 1 fully saturated rings. The number of imidazole rings is 1. The van der Waals surface area contributed by atoms with Crippen LogP contribution in [0.2, 0.25) is 0 Å². The molecule has 0 saturated heterocycles. The van der Waals surface area contributed by atoms with E-state index in [2.05, 4.69) is 15.3 Å². The molecule has 6 heteroatoms. The van der Waals surface area contributed by atoms with Crippen LogP contribution >= 0.6 is 0 Å². The van der Waals surface area contributed by atoms with Gasteiger partial charge >= 0.3 is 0 Å². The van der Waals surface area contributed by atoms with Crippen LogP contribution in [-0.4, -0.2) is 15.9 Å². The summed E-state index contributed by atoms with van der Waals surface area (Å²) in [4.78, 5) is 20.2. The van der Waals surface area contributed by atoms with Gasteiger partial charge in [0.25, 0.3) is 5.91 Å². The van der Waals surface area contributed by atoms with E-state index in [1.807, 2.05) is 18.2 Å². The van der Waals surface area contributed by atoms with Crippen LogP contribution in [0.5, 0.6) is 0 Å². The minimum Gasteiger partial charge on any atom is -0.619 e. The van der Waals surface area contributed by atoms with E-state index < -0.39 is 0 Å². The van der Waals surface area contributed by atoms with Gasteiger partial charge in [0.1, 0.15) is 5.82 Å². The van der Waals surface area contributed by atoms with Crippen molar-refractivity contribution >= 4 is 22.6 Å². The molecule has 1 aliphatic rings. The summed E-state index contributed by atoms with van der Waals surface area (Å²) in [6.07, 6.45) is 6.26. The van der Waals surface area contributed by atoms with Gasteiger partial charge in [-0.25, -0.2) is 4.98 Å². The number of fused-ring (bicyclic) bond motifs is 1. The number of nitrogens with zero attached hydrogens (tertiary/aromatic N) is 2. The van der Waals surface area contributed by atoms with E-state index in [1.54, 1.807) is 0 Å². The number of benzene rings is 1. The fourth-order valence-corrected chi connectivity index (χ4v) is 2.75. The largest absolute Gasteiger partial charge is 0.619 e. The maximum Gasteiger partial charge on any atom is 0.256 e. The van der Waals surface area contributed by atoms with Gasteiger partial charge in [0.05, 0.1) is 16.6 Å². The number of rotatable bonds is 3. The first-order valence-corrected chi connectivity index (χ1v) is 7.69. The smallest absolute Gasteiger partial charge is 0.256 e. The van der Waals surface area contributed by atoms with Gasteiger partial charge in [0.15, 0.2) is 12.4 Å². The van der Waals surface area contributed by atoms with Crippen molar-refractivity contribution in [2.45, 2.75) is 25.2 Å². The summed E-state index contributed by atoms with van der Waals surface area (Å²) in [5.74, 6) is 1.34. The third kappa shape index (κ3) is 2.63. The maximum absolute atomic E-state index is 12.2. The Morgan fingerprint density at radius 2 is 2.04 bits per heavy atom. The van der Waals surface area contributed by atoms with Crippen molar-refractivity contribution < 1.29 is 9.52 Å². The first-order valence-electron chi connectivity index (χ1n) is 7.69. The molecule has 0 aliphatic heterocycles. The Kier molecular flexibility index (Phi) is 3.22. The lowest BCUT2D eigenvalue weighted by atomic mass is 9.85. The van der Waals surface area contributed by atoms with Crippen molar-refractivity contribution in [3.05, 3.63) is 59.3 Å². The molecule has 0 atom stereocenters. The molecule has 3 aromatic rings. The summed E-state index contributed by atoms with van der Waals surface area (Å²) < 4.78 is 0.648. The average molecular weight is 308 g/mol. The molecular formula is C17H16N4O2. The van der Waals surface area contributed by atoms with Gasteiger partial charge in [0, 0.05) is 23.7 Å². The van der Waals surface area contributed by atoms with Gasteiger partial charge in [-0.15, -0.1) is 0 Å². The van der Waals surface area contributed by atoms with Crippen molar-refractivity contribution in [3.63, 3.8) is 0 Å². The zero-order valence-corrected chi connectivity index (χ0v) is 12.5. The highest BCUT2D eigenvalue weighted by Gasteiger charge is 2.22. The van der Waals surface area contributed by atoms with Crippen molar-refractivity contribution in [1.82, 2.24) is 9.97 Å². The van der Waals surface area contributed by atoms with E-state index in [9.17, 15) is 10.0 Å². The Morgan fingerprint density at radius 1 is 1.26 bits per heavy atom. The lowest BCUT2D eigenvalue weighted by molar-refractivity contribution is -0.605. The lowest BCUT2D eigenvalue weighted by Gasteiger charge is -2.22. The van der Waals surface area contributed by atoms with Crippen LogP contribution in [0.3, 0.4) is 0 Å². The monoisotopic (exact) mass is 308 g/mol. The van der Waals surface area contributed by atoms with E-state index in [4.69, 9.17) is 0 Å². The van der Waals surface area contributed by atoms with Crippen LogP contribution in [-0.2, 0) is 0 Å². The highest BCUT2D eigenvalue weighted by Crippen LogP contribution is 2.35. The number of amides is 1. The molecule has 1 aliphatic carbocycles. The van der Waals surface area contributed by atoms with Gasteiger partial charge in [0.2, 0.25) is 0 Å². The SMILES string of the molecule is O=C(Nc1ccc2nc(C3CCC3)[nH]c2c1)c1cc[n+]([O-])cc1. The van der Waals surface area contributed by atoms with Crippen LogP contribution in [0.4, 0.5) is 5.69 Å². The standard InChI is InChI=1S/C17H16N4O2/c22-17(12-6-8-21(23)9-7-12)18-13-4-5-14-15(10-13)20-16(19-14)11-2-1-3-11/h4-11H,1-3H2,(H,18,22)(H,19,20). The second-order valence-electron chi connectivity index (χ2n) is 5.88. The van der Waals surface area contributed by atoms with Crippen LogP contribution in [0.25, 0.3) is 11.0 Å². The predicted molar refractivity (Wildman–Crippen MR) is 86.0 cm³/mol. The minimum absolute atomic E-state index is 0.247. The Bertz CT molecular complexity index is 866. The number of carbonyl (C=O) groups is 1. The molecule has 2 N–H and O–H groups in total. The van der Waals surface area contributed by atoms with Gasteiger partial charge in [-0.3, -0.25) is 4.79 Å². The summed E-state index contributed by atoms with van der Waals surface area (Å²) in [5.41, 5.74) is 2.98. The molecule has 0 bridgehead atoms. The van der Waals surface area contributed by atoms with Crippen molar-refractivity contribution in [3.8, 4) is 0 Å². The Labute approximate surface area is 132 Å². The molecule has 6 nitrogen and oxygen atoms in total. The van der Waals surface area contributed by atoms with Gasteiger partial charge in [-0.05, 0) is 31.0 Å². The zero-order valence-electron chi connectivity index (χ0n) is 12.5. The number of aromatic amines is 1. The molecular weight excluding hydrogens is 292 g/mol. The van der Waals surface area contributed by atoms with Crippen LogP contribution < -0.4 is 10.0 Å². The summed E-state index contributed by atoms with van der Waals surface area (Å²) in [6, 6.07) is 8.61. The van der Waals surface area contributed by atoms with E-state index in [1.165, 1.54) is 43.8 Å². The van der Waals surface area contributed by atoms with Crippen molar-refractivity contribution in [2.75, 3.05) is 5.32 Å². The Balaban J connectivity index is 1.56. The topological polar surface area (TPSA) is 84.7 Å². The van der Waals surface area contributed by atoms with Gasteiger partial charge in [-0.2, -0.15) is 4.73 Å². The first-order chi connectivity index (χ1) is 11.2. The summed E-state index contributed by atoms with van der Waals surface area (Å²) in [6.45, 7) is 0. The fraction of sp³-hybridized carbons (Fsp3) is 0.235. The summed E-state index contributed by atoms with van der Waals surface area (Å²) in [5, 5.41) is 13.8. The van der Waals surface area contributed by atoms with Gasteiger partial charge in [-0.1, -0.05) is 6.42 Å². The zero-order chi connectivity index (χ0) is 15.8. The number of hydrogen-bond acceptors (Lipinski definition) is 3. The predicted octanol–water partition coefficient (Wildman–Crippen LogP) is 2.72. The van der Waals surface area contributed by atoms with Crippen LogP contribution in [0, 0.1) is 5.21 Å². The van der Waals surface area contributed by atoms with Crippen LogP contribution in [0.15, 0.2) is 42.7 Å². The Hall–Kier alpha value is -2.89. The molecule has 0 spiro atoms. The maximum atomic E-state index is 12.2. The number of nitrogens with one attached hydrogen (secondary N) is 2. The highest BCUT2D eigenvalue weighted by atomic mass is 16.5. The average Bonchev–Trinajstić information content (AvgIpc) is 2.88. The number of aromatic nitrogens is 3. The van der Waals surface area contributed by atoms with E-state index >= 15 is 0 Å². The minimum atomic E-state index is -0.247. The second-order valence-corrected chi connectivity index (χ2v) is 5.88. The first kappa shape index (κ1) is 13.8. The number of pyridine rings is 1. The molecule has 1 saturated carbocycles. The third-order valence-electron chi connectivity index (χ3n) is 4.31. The number of carbonyl (C=O) groups excluding carboxylic acids is 1. The molecule has 23 heavy (non-hydrogen) atoms. The van der Waals surface area contributed by atoms with Gasteiger partial charge < -0.3 is 15.5 Å². The molecule has 0 unspecified atom stereocenters. The number of H-pyrrole nitrogens is 1. The second kappa shape index (κ2) is 5.39. The third-order valence-corrected chi connectivity index (χ3v) is 4.31. The molecule has 116 valence electrons. The lowest BCUT2D eigenvalue weighted by Crippen LogP contribution is -2.25. The summed E-state index contributed by atoms with van der Waals surface area (Å²) in [7, 11) is 0.